The van der Waals surface area contributed by atoms with Crippen LogP contribution in [-0.2, 0) is 0 Å². The fraction of sp³-hybridized carbons (Fsp3) is 0.333. The lowest BCUT2D eigenvalue weighted by Crippen LogP contribution is -2.44. The number of nitriles is 1. The third-order valence-electron chi connectivity index (χ3n) is 2.45. The number of nitrogens with one attached hydrogen (secondary N) is 1. The van der Waals surface area contributed by atoms with Gasteiger partial charge >= 0.3 is 0 Å². The van der Waals surface area contributed by atoms with E-state index in [1.807, 2.05) is 13.0 Å². The van der Waals surface area contributed by atoms with Gasteiger partial charge in [-0.25, -0.2) is 4.39 Å². The molecule has 1 rings (SSSR count). The molecule has 3 nitrogen and oxygen atoms in total. The topological polar surface area (TPSA) is 52.9 Å². The van der Waals surface area contributed by atoms with E-state index in [1.54, 1.807) is 6.92 Å². The van der Waals surface area contributed by atoms with Gasteiger partial charge in [-0.15, -0.1) is 0 Å². The lowest BCUT2D eigenvalue weighted by Gasteiger charge is -2.21. The summed E-state index contributed by atoms with van der Waals surface area (Å²) in [5, 5.41) is 11.5. The zero-order valence-electron chi connectivity index (χ0n) is 9.25. The molecule has 0 aliphatic rings. The fourth-order valence-electron chi connectivity index (χ4n) is 1.12. The van der Waals surface area contributed by atoms with Gasteiger partial charge in [0.1, 0.15) is 11.4 Å². The highest BCUT2D eigenvalue weighted by atomic mass is 19.1. The van der Waals surface area contributed by atoms with Crippen LogP contribution in [0.25, 0.3) is 0 Å². The second-order valence-electron chi connectivity index (χ2n) is 3.76. The number of hydrogen-bond acceptors (Lipinski definition) is 2. The number of rotatable bonds is 3. The van der Waals surface area contributed by atoms with E-state index >= 15 is 0 Å². The quantitative estimate of drug-likeness (QED) is 0.849. The zero-order chi connectivity index (χ0) is 12.2. The third-order valence-corrected chi connectivity index (χ3v) is 2.45. The number of amides is 1. The average molecular weight is 220 g/mol. The number of halogens is 1. The molecule has 1 amide bonds. The summed E-state index contributed by atoms with van der Waals surface area (Å²) < 4.78 is 12.6. The molecule has 1 atom stereocenters. The zero-order valence-corrected chi connectivity index (χ0v) is 9.25. The molecular weight excluding hydrogens is 207 g/mol. The van der Waals surface area contributed by atoms with Crippen molar-refractivity contribution >= 4 is 5.91 Å². The van der Waals surface area contributed by atoms with Crippen molar-refractivity contribution in [3.8, 4) is 6.07 Å². The van der Waals surface area contributed by atoms with Crippen molar-refractivity contribution in [2.45, 2.75) is 25.8 Å². The van der Waals surface area contributed by atoms with Crippen molar-refractivity contribution in [2.75, 3.05) is 0 Å². The highest BCUT2D eigenvalue weighted by Crippen LogP contribution is 2.10. The lowest BCUT2D eigenvalue weighted by molar-refractivity contribution is 0.0923. The molecule has 16 heavy (non-hydrogen) atoms. The second-order valence-corrected chi connectivity index (χ2v) is 3.76. The van der Waals surface area contributed by atoms with Gasteiger partial charge in [-0.2, -0.15) is 5.26 Å². The first-order valence-electron chi connectivity index (χ1n) is 5.00. The van der Waals surface area contributed by atoms with E-state index in [0.29, 0.717) is 12.0 Å². The molecule has 0 aliphatic heterocycles. The van der Waals surface area contributed by atoms with Crippen molar-refractivity contribution in [3.05, 3.63) is 35.6 Å². The van der Waals surface area contributed by atoms with Crippen LogP contribution in [0.5, 0.6) is 0 Å². The van der Waals surface area contributed by atoms with Crippen LogP contribution < -0.4 is 5.32 Å². The Morgan fingerprint density at radius 3 is 2.50 bits per heavy atom. The van der Waals surface area contributed by atoms with Crippen molar-refractivity contribution < 1.29 is 9.18 Å². The Kier molecular flexibility index (Phi) is 3.62. The predicted octanol–water partition coefficient (Wildman–Crippen LogP) is 2.25. The monoisotopic (exact) mass is 220 g/mol. The molecule has 0 radical (unpaired) electrons. The number of carbonyl (C=O) groups excluding carboxylic acids is 1. The van der Waals surface area contributed by atoms with Gasteiger partial charge in [0.25, 0.3) is 5.91 Å². The Morgan fingerprint density at radius 2 is 2.06 bits per heavy atom. The molecule has 0 saturated heterocycles. The van der Waals surface area contributed by atoms with Crippen LogP contribution in [0.15, 0.2) is 24.3 Å². The minimum atomic E-state index is -0.883. The molecule has 1 aromatic rings. The first-order valence-corrected chi connectivity index (χ1v) is 5.00. The van der Waals surface area contributed by atoms with Crippen LogP contribution in [0.3, 0.4) is 0 Å². The molecule has 0 heterocycles. The van der Waals surface area contributed by atoms with Gasteiger partial charge in [-0.1, -0.05) is 6.92 Å². The SMILES string of the molecule is CCC(C)(C#N)NC(=O)c1ccc(F)cc1. The molecule has 1 aromatic carbocycles. The molecule has 1 N–H and O–H groups in total. The van der Waals surface area contributed by atoms with E-state index in [0.717, 1.165) is 0 Å². The maximum absolute atomic E-state index is 12.6. The summed E-state index contributed by atoms with van der Waals surface area (Å²) in [6.07, 6.45) is 0.510. The summed E-state index contributed by atoms with van der Waals surface area (Å²) in [6.45, 7) is 3.46. The van der Waals surface area contributed by atoms with E-state index in [-0.39, 0.29) is 5.91 Å². The molecule has 0 fully saturated rings. The summed E-state index contributed by atoms with van der Waals surface area (Å²) in [5.41, 5.74) is -0.540. The smallest absolute Gasteiger partial charge is 0.252 e. The van der Waals surface area contributed by atoms with E-state index < -0.39 is 11.4 Å². The van der Waals surface area contributed by atoms with Gasteiger partial charge in [-0.3, -0.25) is 4.79 Å². The number of benzene rings is 1. The Balaban J connectivity index is 2.81. The van der Waals surface area contributed by atoms with Crippen LogP contribution in [0.2, 0.25) is 0 Å². The van der Waals surface area contributed by atoms with E-state index in [9.17, 15) is 9.18 Å². The first kappa shape index (κ1) is 12.2. The van der Waals surface area contributed by atoms with Crippen molar-refractivity contribution in [1.29, 1.82) is 5.26 Å². The normalized spacial score (nSPS) is 13.6. The van der Waals surface area contributed by atoms with Crippen LogP contribution in [0.1, 0.15) is 30.6 Å². The van der Waals surface area contributed by atoms with E-state index in [4.69, 9.17) is 5.26 Å². The molecule has 0 spiro atoms. The summed E-state index contributed by atoms with van der Waals surface area (Å²) in [4.78, 5) is 11.7. The third kappa shape index (κ3) is 2.80. The highest BCUT2D eigenvalue weighted by Gasteiger charge is 2.23. The van der Waals surface area contributed by atoms with Crippen LogP contribution in [0.4, 0.5) is 4.39 Å². The highest BCUT2D eigenvalue weighted by molar-refractivity contribution is 5.94. The molecule has 4 heteroatoms. The maximum atomic E-state index is 12.6. The largest absolute Gasteiger partial charge is 0.334 e. The summed E-state index contributed by atoms with van der Waals surface area (Å²) >= 11 is 0. The van der Waals surface area contributed by atoms with Gasteiger partial charge < -0.3 is 5.32 Å². The van der Waals surface area contributed by atoms with Gasteiger partial charge in [0.2, 0.25) is 0 Å². The van der Waals surface area contributed by atoms with Gasteiger partial charge in [0.15, 0.2) is 0 Å². The Bertz CT molecular complexity index is 422. The molecule has 0 aliphatic carbocycles. The fourth-order valence-corrected chi connectivity index (χ4v) is 1.12. The Hall–Kier alpha value is -1.89. The molecular formula is C12H13FN2O. The minimum Gasteiger partial charge on any atom is -0.334 e. The maximum Gasteiger partial charge on any atom is 0.252 e. The summed E-state index contributed by atoms with van der Waals surface area (Å²) in [6, 6.07) is 7.23. The second kappa shape index (κ2) is 4.75. The molecule has 84 valence electrons. The lowest BCUT2D eigenvalue weighted by atomic mass is 10.0. The number of nitrogens with zero attached hydrogens (tertiary/aromatic N) is 1. The summed E-state index contributed by atoms with van der Waals surface area (Å²) in [5.74, 6) is -0.763. The minimum absolute atomic E-state index is 0.344. The summed E-state index contributed by atoms with van der Waals surface area (Å²) in [7, 11) is 0. The Morgan fingerprint density at radius 1 is 1.50 bits per heavy atom. The van der Waals surface area contributed by atoms with Crippen LogP contribution >= 0.6 is 0 Å². The van der Waals surface area contributed by atoms with Gasteiger partial charge in [0.05, 0.1) is 6.07 Å². The number of carbonyl (C=O) groups is 1. The first-order chi connectivity index (χ1) is 7.50. The van der Waals surface area contributed by atoms with Crippen molar-refractivity contribution in [2.24, 2.45) is 0 Å². The van der Waals surface area contributed by atoms with E-state index in [1.165, 1.54) is 24.3 Å². The van der Waals surface area contributed by atoms with Crippen molar-refractivity contribution in [3.63, 3.8) is 0 Å². The molecule has 1 unspecified atom stereocenters. The van der Waals surface area contributed by atoms with Gasteiger partial charge in [-0.05, 0) is 37.6 Å². The molecule has 0 saturated carbocycles. The van der Waals surface area contributed by atoms with Crippen LogP contribution in [-0.4, -0.2) is 11.4 Å². The molecule has 0 bridgehead atoms. The van der Waals surface area contributed by atoms with Crippen molar-refractivity contribution in [1.82, 2.24) is 5.32 Å². The van der Waals surface area contributed by atoms with Crippen LogP contribution in [0, 0.1) is 17.1 Å². The standard InChI is InChI=1S/C12H13FN2O/c1-3-12(2,8-14)15-11(16)9-4-6-10(13)7-5-9/h4-7H,3H2,1-2H3,(H,15,16). The molecule has 0 aromatic heterocycles. The van der Waals surface area contributed by atoms with E-state index in [2.05, 4.69) is 5.32 Å². The average Bonchev–Trinajstić information content (AvgIpc) is 2.29. The predicted molar refractivity (Wildman–Crippen MR) is 58.2 cm³/mol. The van der Waals surface area contributed by atoms with Gasteiger partial charge in [0, 0.05) is 5.56 Å². The number of hydrogen-bond donors (Lipinski definition) is 1. The Labute approximate surface area is 93.9 Å².